The van der Waals surface area contributed by atoms with Crippen molar-refractivity contribution in [1.82, 2.24) is 0 Å². The number of rotatable bonds is 11. The van der Waals surface area contributed by atoms with Gasteiger partial charge in [-0.1, -0.05) is 88.0 Å². The van der Waals surface area contributed by atoms with E-state index < -0.39 is 8.32 Å². The molecule has 4 nitrogen and oxygen atoms in total. The third-order valence-corrected chi connectivity index (χ3v) is 10.5. The largest absolute Gasteiger partial charge is 0.463 e. The molecule has 0 aliphatic heterocycles. The van der Waals surface area contributed by atoms with Crippen molar-refractivity contribution in [1.29, 1.82) is 0 Å². The van der Waals surface area contributed by atoms with Crippen molar-refractivity contribution in [3.8, 4) is 0 Å². The Labute approximate surface area is 194 Å². The highest BCUT2D eigenvalue weighted by Gasteiger charge is 2.41. The molecule has 0 N–H and O–H groups in total. The maximum absolute atomic E-state index is 12.3. The summed E-state index contributed by atoms with van der Waals surface area (Å²) < 4.78 is 18.5. The van der Waals surface area contributed by atoms with Gasteiger partial charge in [-0.3, -0.25) is 0 Å². The van der Waals surface area contributed by atoms with Crippen molar-refractivity contribution in [2.45, 2.75) is 71.1 Å². The van der Waals surface area contributed by atoms with Crippen LogP contribution in [0.5, 0.6) is 0 Å². The molecule has 32 heavy (non-hydrogen) atoms. The van der Waals surface area contributed by atoms with Crippen LogP contribution in [-0.2, 0) is 25.3 Å². The first-order chi connectivity index (χ1) is 15.0. The summed E-state index contributed by atoms with van der Waals surface area (Å²) in [6, 6.07) is 20.2. The normalized spacial score (nSPS) is 13.9. The lowest BCUT2D eigenvalue weighted by molar-refractivity contribution is -0.139. The van der Waals surface area contributed by atoms with Gasteiger partial charge < -0.3 is 13.9 Å². The van der Waals surface area contributed by atoms with Crippen LogP contribution in [0.3, 0.4) is 0 Å². The lowest BCUT2D eigenvalue weighted by Gasteiger charge is -2.41. The smallest absolute Gasteiger partial charge is 0.333 e. The van der Waals surface area contributed by atoms with Gasteiger partial charge in [-0.25, -0.2) is 4.79 Å². The van der Waals surface area contributed by atoms with Gasteiger partial charge in [-0.05, 0) is 36.2 Å². The molecular weight excluding hydrogens is 416 g/mol. The van der Waals surface area contributed by atoms with Gasteiger partial charge in [0.1, 0.15) is 0 Å². The van der Waals surface area contributed by atoms with Crippen molar-refractivity contribution in [2.75, 3.05) is 6.61 Å². The molecule has 0 aliphatic carbocycles. The molecule has 0 unspecified atom stereocenters. The molecule has 0 aliphatic rings. The van der Waals surface area contributed by atoms with Crippen LogP contribution < -0.4 is 0 Å². The third-order valence-electron chi connectivity index (χ3n) is 6.01. The zero-order chi connectivity index (χ0) is 23.8. The number of carbonyl (C=O) groups excluding carboxylic acids is 1. The van der Waals surface area contributed by atoms with Crippen LogP contribution in [0.25, 0.3) is 0 Å². The molecule has 0 bridgehead atoms. The summed E-state index contributed by atoms with van der Waals surface area (Å²) in [6.45, 7) is 17.7. The van der Waals surface area contributed by atoms with Gasteiger partial charge >= 0.3 is 5.97 Å². The van der Waals surface area contributed by atoms with Gasteiger partial charge in [0.2, 0.25) is 0 Å². The van der Waals surface area contributed by atoms with Crippen molar-refractivity contribution in [2.24, 2.45) is 0 Å². The maximum atomic E-state index is 12.3. The van der Waals surface area contributed by atoms with Crippen LogP contribution in [0, 0.1) is 0 Å². The van der Waals surface area contributed by atoms with Crippen LogP contribution in [0.2, 0.25) is 18.1 Å². The van der Waals surface area contributed by atoms with Gasteiger partial charge in [0.15, 0.2) is 8.32 Å². The monoisotopic (exact) mass is 454 g/mol. The lowest BCUT2D eigenvalue weighted by atomic mass is 9.98. The highest BCUT2D eigenvalue weighted by Crippen LogP contribution is 2.42. The van der Waals surface area contributed by atoms with Crippen molar-refractivity contribution in [3.63, 3.8) is 0 Å². The number of hydrogen-bond donors (Lipinski definition) is 0. The second kappa shape index (κ2) is 11.6. The molecular formula is C27H38O4Si. The SMILES string of the molecule is C=C(C[C@@H](OCc1ccccc1)[C@@H](O[Si](C)(C)C(C)(C)C)c1ccccc1)C(=O)OCC. The molecule has 2 rings (SSSR count). The van der Waals surface area contributed by atoms with Gasteiger partial charge in [0.25, 0.3) is 0 Å². The Balaban J connectivity index is 2.39. The van der Waals surface area contributed by atoms with Crippen LogP contribution >= 0.6 is 0 Å². The Bertz CT molecular complexity index is 856. The van der Waals surface area contributed by atoms with E-state index in [1.165, 1.54) is 0 Å². The Morgan fingerprint density at radius 3 is 2.09 bits per heavy atom. The summed E-state index contributed by atoms with van der Waals surface area (Å²) in [4.78, 5) is 12.3. The second-order valence-electron chi connectivity index (χ2n) is 9.57. The minimum Gasteiger partial charge on any atom is -0.463 e. The number of hydrogen-bond acceptors (Lipinski definition) is 4. The summed E-state index contributed by atoms with van der Waals surface area (Å²) >= 11 is 0. The molecule has 0 fully saturated rings. The van der Waals surface area contributed by atoms with E-state index in [1.54, 1.807) is 6.92 Å². The van der Waals surface area contributed by atoms with Crippen molar-refractivity contribution < 1.29 is 18.7 Å². The van der Waals surface area contributed by atoms with Crippen LogP contribution in [0.1, 0.15) is 51.3 Å². The van der Waals surface area contributed by atoms with Crippen LogP contribution in [0.15, 0.2) is 72.8 Å². The molecule has 0 aromatic heterocycles. The molecule has 2 aromatic rings. The predicted molar refractivity (Wildman–Crippen MR) is 133 cm³/mol. The molecule has 0 heterocycles. The Morgan fingerprint density at radius 1 is 1.00 bits per heavy atom. The summed E-state index contributed by atoms with van der Waals surface area (Å²) in [5, 5.41) is 0.0299. The summed E-state index contributed by atoms with van der Waals surface area (Å²) in [5.74, 6) is -0.389. The fourth-order valence-electron chi connectivity index (χ4n) is 3.09. The molecule has 0 radical (unpaired) electrons. The minimum absolute atomic E-state index is 0.0299. The van der Waals surface area contributed by atoms with E-state index in [1.807, 2.05) is 48.5 Å². The highest BCUT2D eigenvalue weighted by molar-refractivity contribution is 6.74. The van der Waals surface area contributed by atoms with E-state index in [9.17, 15) is 4.79 Å². The van der Waals surface area contributed by atoms with Crippen molar-refractivity contribution in [3.05, 3.63) is 83.9 Å². The molecule has 2 atom stereocenters. The summed E-state index contributed by atoms with van der Waals surface area (Å²) in [7, 11) is -2.14. The first kappa shape index (κ1) is 26.0. The highest BCUT2D eigenvalue weighted by atomic mass is 28.4. The number of ether oxygens (including phenoxy) is 2. The zero-order valence-corrected chi connectivity index (χ0v) is 21.4. The first-order valence-corrected chi connectivity index (χ1v) is 14.2. The molecule has 0 amide bonds. The van der Waals surface area contributed by atoms with Gasteiger partial charge in [-0.2, -0.15) is 0 Å². The molecule has 0 saturated carbocycles. The first-order valence-electron chi connectivity index (χ1n) is 11.3. The van der Waals surface area contributed by atoms with E-state index in [2.05, 4.69) is 52.6 Å². The topological polar surface area (TPSA) is 44.8 Å². The number of benzene rings is 2. The fourth-order valence-corrected chi connectivity index (χ4v) is 4.36. The van der Waals surface area contributed by atoms with Crippen molar-refractivity contribution >= 4 is 14.3 Å². The van der Waals surface area contributed by atoms with Gasteiger partial charge in [0.05, 0.1) is 25.4 Å². The predicted octanol–water partition coefficient (Wildman–Crippen LogP) is 6.84. The Hall–Kier alpha value is -2.21. The molecule has 5 heteroatoms. The van der Waals surface area contributed by atoms with E-state index in [-0.39, 0.29) is 23.2 Å². The van der Waals surface area contributed by atoms with Gasteiger partial charge in [-0.15, -0.1) is 0 Å². The average Bonchev–Trinajstić information content (AvgIpc) is 2.75. The Kier molecular flexibility index (Phi) is 9.43. The molecule has 2 aromatic carbocycles. The standard InChI is InChI=1S/C27H38O4Si/c1-8-29-26(28)21(2)19-24(30-20-22-15-11-9-12-16-22)25(23-17-13-10-14-18-23)31-32(6,7)27(3,4)5/h9-18,24-25H,2,8,19-20H2,1,3-7H3/t24-,25+/m1/s1. The van der Waals surface area contributed by atoms with Gasteiger partial charge in [0, 0.05) is 12.0 Å². The van der Waals surface area contributed by atoms with Crippen LogP contribution in [0.4, 0.5) is 0 Å². The number of carbonyl (C=O) groups is 1. The van der Waals surface area contributed by atoms with E-state index in [4.69, 9.17) is 13.9 Å². The zero-order valence-electron chi connectivity index (χ0n) is 20.4. The molecule has 0 spiro atoms. The molecule has 174 valence electrons. The van der Waals surface area contributed by atoms with E-state index in [0.29, 0.717) is 25.2 Å². The van der Waals surface area contributed by atoms with E-state index in [0.717, 1.165) is 11.1 Å². The fraction of sp³-hybridized carbons (Fsp3) is 0.444. The summed E-state index contributed by atoms with van der Waals surface area (Å²) in [6.07, 6.45) is -0.379. The quantitative estimate of drug-likeness (QED) is 0.212. The van der Waals surface area contributed by atoms with E-state index >= 15 is 0 Å². The Morgan fingerprint density at radius 2 is 1.56 bits per heavy atom. The molecule has 0 saturated heterocycles. The summed E-state index contributed by atoms with van der Waals surface area (Å²) in [5.41, 5.74) is 2.50. The average molecular weight is 455 g/mol. The lowest BCUT2D eigenvalue weighted by Crippen LogP contribution is -2.44. The maximum Gasteiger partial charge on any atom is 0.333 e. The van der Waals surface area contributed by atoms with Crippen LogP contribution in [-0.4, -0.2) is 27.0 Å². The second-order valence-corrected chi connectivity index (χ2v) is 14.3. The minimum atomic E-state index is -2.14. The third kappa shape index (κ3) is 7.43. The number of esters is 1.